The first-order chi connectivity index (χ1) is 49.9. The summed E-state index contributed by atoms with van der Waals surface area (Å²) in [5, 5.41) is 0. The van der Waals surface area contributed by atoms with E-state index in [0.717, 1.165) is 188 Å². The zero-order valence-corrected chi connectivity index (χ0v) is 71.6. The zero-order valence-electron chi connectivity index (χ0n) is 70.7. The van der Waals surface area contributed by atoms with Crippen molar-refractivity contribution in [2.75, 3.05) is 143 Å². The van der Waals surface area contributed by atoms with Crippen molar-refractivity contribution in [3.63, 3.8) is 0 Å². The molecule has 0 aromatic carbocycles. The van der Waals surface area contributed by atoms with Gasteiger partial charge >= 0.3 is 17.9 Å². The lowest BCUT2D eigenvalue weighted by Gasteiger charge is -2.36. The lowest BCUT2D eigenvalue weighted by molar-refractivity contribution is -0.870. The van der Waals surface area contributed by atoms with Gasteiger partial charge in [0.1, 0.15) is 19.6 Å². The van der Waals surface area contributed by atoms with Gasteiger partial charge in [0.15, 0.2) is 0 Å². The zero-order chi connectivity index (χ0) is 77.9. The van der Waals surface area contributed by atoms with E-state index in [0.29, 0.717) is 39.1 Å². The summed E-state index contributed by atoms with van der Waals surface area (Å²) >= 11 is 0. The highest BCUT2D eigenvalue weighted by Crippen LogP contribution is 2.16. The van der Waals surface area contributed by atoms with E-state index < -0.39 is 7.82 Å². The summed E-state index contributed by atoms with van der Waals surface area (Å²) in [5.74, 6) is -0.0520. The standard InChI is InChI=1S/3C29H58NO3.H3O4P/c3*1-5-6-7-8-9-10-11-12-13-14-15-16-17-18-21-24-29(31)33-27-23-20-19-22-26-32-28-25-30(2,3)4;1-5(2,3)4/h3*12-13H,5-11,14-28H2,1-4H3;(H3,1,2,3,4)/q3*+1;/p-3/b3*13-12-;. The average Bonchev–Trinajstić information content (AvgIpc) is 1.37. The van der Waals surface area contributed by atoms with Crippen molar-refractivity contribution in [1.29, 1.82) is 0 Å². The van der Waals surface area contributed by atoms with E-state index in [1.807, 2.05) is 0 Å². The third-order valence-electron chi connectivity index (χ3n) is 18.0. The lowest BCUT2D eigenvalue weighted by Crippen LogP contribution is -2.37. The summed E-state index contributed by atoms with van der Waals surface area (Å²) < 4.78 is 44.5. The van der Waals surface area contributed by atoms with Gasteiger partial charge in [0.05, 0.1) is 103 Å². The summed E-state index contributed by atoms with van der Waals surface area (Å²) in [6.45, 7) is 16.7. The molecule has 0 heterocycles. The Kier molecular flexibility index (Phi) is 87.6. The monoisotopic (exact) mass is 1500 g/mol. The van der Waals surface area contributed by atoms with Crippen molar-refractivity contribution in [3.8, 4) is 0 Å². The molecular formula is C87H174N3O13P. The Hall–Kier alpha value is -2.50. The van der Waals surface area contributed by atoms with Crippen LogP contribution in [0.1, 0.15) is 367 Å². The highest BCUT2D eigenvalue weighted by Gasteiger charge is 2.10. The van der Waals surface area contributed by atoms with Gasteiger partial charge in [-0.1, -0.05) is 231 Å². The molecule has 0 atom stereocenters. The van der Waals surface area contributed by atoms with Crippen molar-refractivity contribution in [1.82, 2.24) is 0 Å². The Morgan fingerprint density at radius 2 is 0.413 bits per heavy atom. The van der Waals surface area contributed by atoms with Crippen molar-refractivity contribution >= 4 is 25.7 Å². The molecule has 0 aliphatic carbocycles. The number of nitrogens with zero attached hydrogens (tertiary/aromatic N) is 3. The number of carbonyl (C=O) groups is 3. The Morgan fingerprint density at radius 1 is 0.250 bits per heavy atom. The Morgan fingerprint density at radius 3 is 0.606 bits per heavy atom. The molecule has 0 spiro atoms. The maximum absolute atomic E-state index is 11.8. The van der Waals surface area contributed by atoms with Gasteiger partial charge in [-0.25, -0.2) is 0 Å². The Balaban J connectivity index is -0.000000696. The number of phosphoric acid groups is 1. The fraction of sp³-hybridized carbons (Fsp3) is 0.897. The second-order valence-corrected chi connectivity index (χ2v) is 33.1. The minimum Gasteiger partial charge on any atom is -0.822 e. The minimum absolute atomic E-state index is 0.0173. The van der Waals surface area contributed by atoms with E-state index in [2.05, 4.69) is 121 Å². The normalized spacial score (nSPS) is 12.0. The van der Waals surface area contributed by atoms with Gasteiger partial charge in [0, 0.05) is 39.1 Å². The van der Waals surface area contributed by atoms with Crippen molar-refractivity contribution in [2.24, 2.45) is 0 Å². The minimum atomic E-state index is -5.39. The predicted octanol–water partition coefficient (Wildman–Crippen LogP) is 20.7. The number of esters is 3. The smallest absolute Gasteiger partial charge is 0.305 e. The van der Waals surface area contributed by atoms with Gasteiger partial charge < -0.3 is 61.1 Å². The molecule has 0 aromatic heterocycles. The molecule has 0 bridgehead atoms. The van der Waals surface area contributed by atoms with Crippen LogP contribution in [-0.4, -0.2) is 174 Å². The van der Waals surface area contributed by atoms with Crippen molar-refractivity contribution in [2.45, 2.75) is 367 Å². The number of quaternary nitrogens is 3. The number of rotatable bonds is 75. The van der Waals surface area contributed by atoms with Gasteiger partial charge in [-0.2, -0.15) is 7.82 Å². The summed E-state index contributed by atoms with van der Waals surface area (Å²) in [6.07, 6.45) is 78.8. The van der Waals surface area contributed by atoms with Crippen molar-refractivity contribution in [3.05, 3.63) is 36.5 Å². The van der Waals surface area contributed by atoms with Crippen LogP contribution in [0.2, 0.25) is 0 Å². The third kappa shape index (κ3) is 118. The van der Waals surface area contributed by atoms with E-state index in [1.165, 1.54) is 212 Å². The Labute approximate surface area is 644 Å². The highest BCUT2D eigenvalue weighted by atomic mass is 31.2. The molecule has 0 aliphatic rings. The molecule has 620 valence electrons. The number of likely N-dealkylation sites (N-methyl/N-ethyl adjacent to an activating group) is 3. The first-order valence-corrected chi connectivity index (χ1v) is 44.6. The molecule has 0 aliphatic heterocycles. The van der Waals surface area contributed by atoms with Crippen LogP contribution >= 0.6 is 7.82 Å². The number of carbonyl (C=O) groups excluding carboxylic acids is 3. The van der Waals surface area contributed by atoms with Crippen LogP contribution in [0.3, 0.4) is 0 Å². The molecule has 0 saturated carbocycles. The molecule has 0 amide bonds. The molecule has 0 N–H and O–H groups in total. The SMILES string of the molecule is CCCCCCCC/C=C\CCCCCCCC(=O)OCCCCCCOCC[N+](C)(C)C.CCCCCCCC/C=C\CCCCCCCC(=O)OCCCCCCOCC[N+](C)(C)C.CCCCCCCC/C=C\CCCCCCCC(=O)OCCCCCCOCC[N+](C)(C)C.O=P([O-])([O-])[O-]. The molecule has 0 unspecified atom stereocenters. The quantitative estimate of drug-likeness (QED) is 0.0140. The van der Waals surface area contributed by atoms with Gasteiger partial charge in [0.25, 0.3) is 0 Å². The van der Waals surface area contributed by atoms with E-state index >= 15 is 0 Å². The molecule has 0 radical (unpaired) electrons. The number of unbranched alkanes of at least 4 members (excludes halogenated alkanes) is 42. The molecular weight excluding hydrogens is 1330 g/mol. The summed E-state index contributed by atoms with van der Waals surface area (Å²) in [5.41, 5.74) is 0. The van der Waals surface area contributed by atoms with E-state index in [9.17, 15) is 14.4 Å². The van der Waals surface area contributed by atoms with Gasteiger partial charge in [0.2, 0.25) is 0 Å². The number of hydrogen-bond acceptors (Lipinski definition) is 13. The number of allylic oxidation sites excluding steroid dienone is 6. The third-order valence-corrected chi connectivity index (χ3v) is 18.0. The second-order valence-electron chi connectivity index (χ2n) is 32.2. The Bertz CT molecular complexity index is 1690. The lowest BCUT2D eigenvalue weighted by atomic mass is 10.1. The fourth-order valence-corrected chi connectivity index (χ4v) is 11.1. The average molecular weight is 1500 g/mol. The molecule has 16 nitrogen and oxygen atoms in total. The summed E-state index contributed by atoms with van der Waals surface area (Å²) in [7, 11) is 14.3. The van der Waals surface area contributed by atoms with Gasteiger partial charge in [-0.05, 0) is 154 Å². The first-order valence-electron chi connectivity index (χ1n) is 43.2. The predicted molar refractivity (Wildman–Crippen MR) is 435 cm³/mol. The molecule has 0 rings (SSSR count). The first kappa shape index (κ1) is 108. The van der Waals surface area contributed by atoms with E-state index in [1.54, 1.807) is 0 Å². The maximum Gasteiger partial charge on any atom is 0.305 e. The van der Waals surface area contributed by atoms with Crippen LogP contribution in [0.4, 0.5) is 0 Å². The van der Waals surface area contributed by atoms with Crippen molar-refractivity contribution < 1.29 is 75.5 Å². The van der Waals surface area contributed by atoms with Gasteiger partial charge in [-0.15, -0.1) is 0 Å². The molecule has 0 aromatic rings. The molecule has 104 heavy (non-hydrogen) atoms. The van der Waals surface area contributed by atoms with Gasteiger partial charge in [-0.3, -0.25) is 14.4 Å². The van der Waals surface area contributed by atoms with E-state index in [4.69, 9.17) is 47.7 Å². The van der Waals surface area contributed by atoms with Crippen LogP contribution in [0, 0.1) is 0 Å². The summed E-state index contributed by atoms with van der Waals surface area (Å²) in [6, 6.07) is 0. The number of hydrogen-bond donors (Lipinski definition) is 0. The largest absolute Gasteiger partial charge is 0.822 e. The number of ether oxygens (including phenoxy) is 6. The summed E-state index contributed by atoms with van der Waals surface area (Å²) in [4.78, 5) is 61.1. The van der Waals surface area contributed by atoms with Crippen LogP contribution in [0.5, 0.6) is 0 Å². The van der Waals surface area contributed by atoms with Crippen LogP contribution < -0.4 is 14.7 Å². The topological polar surface area (TPSA) is 193 Å². The van der Waals surface area contributed by atoms with Crippen LogP contribution in [0.25, 0.3) is 0 Å². The maximum atomic E-state index is 11.8. The van der Waals surface area contributed by atoms with E-state index in [-0.39, 0.29) is 17.9 Å². The molecule has 17 heteroatoms. The molecule has 0 saturated heterocycles. The van der Waals surface area contributed by atoms with Crippen LogP contribution in [-0.2, 0) is 47.4 Å². The highest BCUT2D eigenvalue weighted by molar-refractivity contribution is 7.40. The molecule has 0 fully saturated rings. The second kappa shape index (κ2) is 84.5. The fourth-order valence-electron chi connectivity index (χ4n) is 11.1. The van der Waals surface area contributed by atoms with Crippen LogP contribution in [0.15, 0.2) is 36.5 Å².